The van der Waals surface area contributed by atoms with Gasteiger partial charge in [0.25, 0.3) is 0 Å². The summed E-state index contributed by atoms with van der Waals surface area (Å²) in [4.78, 5) is 0. The molecule has 19 heavy (non-hydrogen) atoms. The number of aromatic nitrogens is 2. The highest BCUT2D eigenvalue weighted by atomic mass is 79.9. The van der Waals surface area contributed by atoms with Crippen molar-refractivity contribution in [1.29, 1.82) is 0 Å². The van der Waals surface area contributed by atoms with E-state index >= 15 is 0 Å². The predicted octanol–water partition coefficient (Wildman–Crippen LogP) is 4.94. The van der Waals surface area contributed by atoms with Gasteiger partial charge < -0.3 is 4.42 Å². The molecule has 100 valence electrons. The first-order valence-corrected chi connectivity index (χ1v) is 7.71. The molecule has 1 heterocycles. The number of hydrogen-bond donors (Lipinski definition) is 0. The summed E-state index contributed by atoms with van der Waals surface area (Å²) in [6.07, 6.45) is 7.60. The molecule has 1 aromatic carbocycles. The minimum absolute atomic E-state index is 0.458. The Bertz CT molecular complexity index is 527. The monoisotopic (exact) mass is 320 g/mol. The molecule has 1 aliphatic rings. The Balaban J connectivity index is 1.80. The highest BCUT2D eigenvalue weighted by Gasteiger charge is 2.20. The lowest BCUT2D eigenvalue weighted by molar-refractivity contribution is 0.426. The van der Waals surface area contributed by atoms with Crippen molar-refractivity contribution in [3.8, 4) is 11.5 Å². The third kappa shape index (κ3) is 3.06. The van der Waals surface area contributed by atoms with Gasteiger partial charge in [-0.25, -0.2) is 0 Å². The van der Waals surface area contributed by atoms with E-state index in [9.17, 15) is 0 Å². The van der Waals surface area contributed by atoms with Crippen molar-refractivity contribution in [2.75, 3.05) is 0 Å². The molecular formula is C15H17BrN2O. The summed E-state index contributed by atoms with van der Waals surface area (Å²) in [6, 6.07) is 7.97. The summed E-state index contributed by atoms with van der Waals surface area (Å²) in [5, 5.41) is 8.44. The lowest BCUT2D eigenvalue weighted by Crippen LogP contribution is -1.97. The number of rotatable bonds is 2. The SMILES string of the molecule is Brc1ccc(-c2nnc(C3CCCCCC3)o2)cc1. The first-order valence-electron chi connectivity index (χ1n) is 6.92. The van der Waals surface area contributed by atoms with Crippen molar-refractivity contribution in [1.82, 2.24) is 10.2 Å². The molecule has 3 rings (SSSR count). The van der Waals surface area contributed by atoms with Crippen molar-refractivity contribution >= 4 is 15.9 Å². The standard InChI is InChI=1S/C15H17BrN2O/c16-13-9-7-12(8-10-13)15-18-17-14(19-15)11-5-3-1-2-4-6-11/h7-11H,1-6H2. The Labute approximate surface area is 121 Å². The highest BCUT2D eigenvalue weighted by molar-refractivity contribution is 9.10. The Kier molecular flexibility index (Phi) is 3.97. The first-order chi connectivity index (χ1) is 9.33. The normalized spacial score (nSPS) is 17.3. The third-order valence-electron chi connectivity index (χ3n) is 3.74. The lowest BCUT2D eigenvalue weighted by Gasteiger charge is -2.07. The first kappa shape index (κ1) is 12.9. The fraction of sp³-hybridized carbons (Fsp3) is 0.467. The smallest absolute Gasteiger partial charge is 0.247 e. The van der Waals surface area contributed by atoms with Gasteiger partial charge in [0, 0.05) is 16.0 Å². The van der Waals surface area contributed by atoms with Crippen molar-refractivity contribution in [2.45, 2.75) is 44.4 Å². The fourth-order valence-electron chi connectivity index (χ4n) is 2.63. The van der Waals surface area contributed by atoms with Crippen LogP contribution >= 0.6 is 15.9 Å². The molecule has 0 aliphatic heterocycles. The summed E-state index contributed by atoms with van der Waals surface area (Å²) < 4.78 is 6.92. The maximum Gasteiger partial charge on any atom is 0.247 e. The average Bonchev–Trinajstić information content (AvgIpc) is 2.76. The summed E-state index contributed by atoms with van der Waals surface area (Å²) in [5.74, 6) is 1.91. The molecule has 1 fully saturated rings. The predicted molar refractivity (Wildman–Crippen MR) is 77.9 cm³/mol. The van der Waals surface area contributed by atoms with Crippen LogP contribution < -0.4 is 0 Å². The number of halogens is 1. The zero-order chi connectivity index (χ0) is 13.1. The van der Waals surface area contributed by atoms with Gasteiger partial charge in [0.1, 0.15) is 0 Å². The van der Waals surface area contributed by atoms with Crippen LogP contribution in [0.2, 0.25) is 0 Å². The van der Waals surface area contributed by atoms with Crippen LogP contribution in [-0.4, -0.2) is 10.2 Å². The maximum atomic E-state index is 5.87. The van der Waals surface area contributed by atoms with E-state index in [1.807, 2.05) is 24.3 Å². The second-order valence-corrected chi connectivity index (χ2v) is 6.06. The highest BCUT2D eigenvalue weighted by Crippen LogP contribution is 2.32. The van der Waals surface area contributed by atoms with Gasteiger partial charge in [0.05, 0.1) is 0 Å². The van der Waals surface area contributed by atoms with Crippen LogP contribution in [0.25, 0.3) is 11.5 Å². The Morgan fingerprint density at radius 2 is 1.63 bits per heavy atom. The molecule has 0 saturated heterocycles. The molecule has 2 aromatic rings. The minimum Gasteiger partial charge on any atom is -0.420 e. The van der Waals surface area contributed by atoms with E-state index < -0.39 is 0 Å². The third-order valence-corrected chi connectivity index (χ3v) is 4.26. The Morgan fingerprint density at radius 3 is 2.32 bits per heavy atom. The molecule has 0 atom stereocenters. The molecule has 1 saturated carbocycles. The van der Waals surface area contributed by atoms with Crippen molar-refractivity contribution < 1.29 is 4.42 Å². The number of nitrogens with zero attached hydrogens (tertiary/aromatic N) is 2. The zero-order valence-electron chi connectivity index (χ0n) is 10.8. The lowest BCUT2D eigenvalue weighted by atomic mass is 10.0. The maximum absolute atomic E-state index is 5.87. The van der Waals surface area contributed by atoms with Gasteiger partial charge >= 0.3 is 0 Å². The van der Waals surface area contributed by atoms with E-state index in [2.05, 4.69) is 26.1 Å². The van der Waals surface area contributed by atoms with Gasteiger partial charge in [0.2, 0.25) is 11.8 Å². The summed E-state index contributed by atoms with van der Waals surface area (Å²) in [6.45, 7) is 0. The number of benzene rings is 1. The van der Waals surface area contributed by atoms with Gasteiger partial charge in [-0.15, -0.1) is 10.2 Å². The van der Waals surface area contributed by atoms with Crippen LogP contribution in [0.1, 0.15) is 50.3 Å². The van der Waals surface area contributed by atoms with Crippen LogP contribution in [-0.2, 0) is 0 Å². The molecule has 1 aliphatic carbocycles. The van der Waals surface area contributed by atoms with E-state index in [1.54, 1.807) is 0 Å². The van der Waals surface area contributed by atoms with Crippen molar-refractivity contribution in [2.24, 2.45) is 0 Å². The molecule has 1 aromatic heterocycles. The molecule has 0 amide bonds. The van der Waals surface area contributed by atoms with E-state index in [0.717, 1.165) is 15.9 Å². The van der Waals surface area contributed by atoms with Gasteiger partial charge in [0.15, 0.2) is 0 Å². The average molecular weight is 321 g/mol. The Morgan fingerprint density at radius 1 is 0.947 bits per heavy atom. The molecule has 4 heteroatoms. The van der Waals surface area contributed by atoms with Crippen molar-refractivity contribution in [3.63, 3.8) is 0 Å². The molecule has 0 spiro atoms. The summed E-state index contributed by atoms with van der Waals surface area (Å²) in [7, 11) is 0. The quantitative estimate of drug-likeness (QED) is 0.736. The van der Waals surface area contributed by atoms with Gasteiger partial charge in [-0.2, -0.15) is 0 Å². The molecule has 0 N–H and O–H groups in total. The summed E-state index contributed by atoms with van der Waals surface area (Å²) in [5.41, 5.74) is 0.982. The van der Waals surface area contributed by atoms with E-state index in [1.165, 1.54) is 38.5 Å². The van der Waals surface area contributed by atoms with Crippen LogP contribution in [0.3, 0.4) is 0 Å². The van der Waals surface area contributed by atoms with Gasteiger partial charge in [-0.05, 0) is 37.1 Å². The second-order valence-electron chi connectivity index (χ2n) is 5.14. The van der Waals surface area contributed by atoms with Crippen molar-refractivity contribution in [3.05, 3.63) is 34.6 Å². The van der Waals surface area contributed by atoms with E-state index in [0.29, 0.717) is 11.8 Å². The van der Waals surface area contributed by atoms with Crippen LogP contribution in [0.4, 0.5) is 0 Å². The zero-order valence-corrected chi connectivity index (χ0v) is 12.4. The molecule has 0 radical (unpaired) electrons. The molecule has 0 bridgehead atoms. The van der Waals surface area contributed by atoms with Crippen LogP contribution in [0.15, 0.2) is 33.2 Å². The largest absolute Gasteiger partial charge is 0.420 e. The second kappa shape index (κ2) is 5.87. The van der Waals surface area contributed by atoms with E-state index in [4.69, 9.17) is 4.42 Å². The molecule has 3 nitrogen and oxygen atoms in total. The summed E-state index contributed by atoms with van der Waals surface area (Å²) >= 11 is 3.43. The Hall–Kier alpha value is -1.16. The topological polar surface area (TPSA) is 38.9 Å². The van der Waals surface area contributed by atoms with Crippen LogP contribution in [0, 0.1) is 0 Å². The van der Waals surface area contributed by atoms with Gasteiger partial charge in [-0.3, -0.25) is 0 Å². The molecule has 0 unspecified atom stereocenters. The van der Waals surface area contributed by atoms with E-state index in [-0.39, 0.29) is 0 Å². The molecular weight excluding hydrogens is 304 g/mol. The minimum atomic E-state index is 0.458. The van der Waals surface area contributed by atoms with Gasteiger partial charge in [-0.1, -0.05) is 41.6 Å². The fourth-order valence-corrected chi connectivity index (χ4v) is 2.90. The number of hydrogen-bond acceptors (Lipinski definition) is 3. The van der Waals surface area contributed by atoms with Crippen LogP contribution in [0.5, 0.6) is 0 Å².